The fraction of sp³-hybridized carbons (Fsp3) is 1.00. The molecule has 0 aromatic carbocycles. The number of hydrogen-bond donors (Lipinski definition) is 2. The van der Waals surface area contributed by atoms with E-state index < -0.39 is 0 Å². The van der Waals surface area contributed by atoms with Gasteiger partial charge >= 0.3 is 0 Å². The third-order valence-electron chi connectivity index (χ3n) is 9.16. The maximum atomic E-state index is 10.5. The van der Waals surface area contributed by atoms with Gasteiger partial charge in [0.25, 0.3) is 0 Å². The van der Waals surface area contributed by atoms with Gasteiger partial charge in [-0.15, -0.1) is 0 Å². The van der Waals surface area contributed by atoms with E-state index in [2.05, 4.69) is 20.8 Å². The number of fused-ring (bicyclic) bond motifs is 5. The first kappa shape index (κ1) is 15.4. The van der Waals surface area contributed by atoms with Crippen molar-refractivity contribution >= 4 is 0 Å². The summed E-state index contributed by atoms with van der Waals surface area (Å²) < 4.78 is 0. The van der Waals surface area contributed by atoms with Crippen molar-refractivity contribution in [1.29, 1.82) is 0 Å². The van der Waals surface area contributed by atoms with Gasteiger partial charge in [-0.25, -0.2) is 0 Å². The molecule has 4 fully saturated rings. The second-order valence-corrected chi connectivity index (χ2v) is 9.68. The largest absolute Gasteiger partial charge is 0.393 e. The maximum absolute atomic E-state index is 10.5. The minimum atomic E-state index is -0.0632. The highest BCUT2D eigenvalue weighted by molar-refractivity contribution is 5.10. The van der Waals surface area contributed by atoms with Crippen molar-refractivity contribution in [1.82, 2.24) is 0 Å². The van der Waals surface area contributed by atoms with Crippen LogP contribution in [0.1, 0.15) is 72.1 Å². The normalized spacial score (nSPS) is 61.2. The van der Waals surface area contributed by atoms with Gasteiger partial charge < -0.3 is 10.2 Å². The minimum Gasteiger partial charge on any atom is -0.393 e. The molecule has 4 aliphatic carbocycles. The summed E-state index contributed by atoms with van der Waals surface area (Å²) in [5, 5.41) is 20.7. The standard InChI is InChI=1S/C20H34O2/c1-12-10-14(21)11-13-4-5-15-16-6-7-18(22)19(16,2)9-8-17(15)20(12,13)3/h12-18,21-22H,4-11H2,1-3H3/t12?,13-,14-,15+,16+,17+,18-,19+,20+/m1/s1. The van der Waals surface area contributed by atoms with Gasteiger partial charge in [0.05, 0.1) is 12.2 Å². The molecule has 9 atom stereocenters. The summed E-state index contributed by atoms with van der Waals surface area (Å²) in [5.74, 6) is 3.78. The van der Waals surface area contributed by atoms with Crippen molar-refractivity contribution in [2.24, 2.45) is 40.4 Å². The predicted molar refractivity (Wildman–Crippen MR) is 88.3 cm³/mol. The fourth-order valence-corrected chi connectivity index (χ4v) is 7.67. The van der Waals surface area contributed by atoms with Crippen LogP contribution in [-0.2, 0) is 0 Å². The van der Waals surface area contributed by atoms with Crippen LogP contribution in [0.4, 0.5) is 0 Å². The van der Waals surface area contributed by atoms with Crippen molar-refractivity contribution < 1.29 is 10.2 Å². The quantitative estimate of drug-likeness (QED) is 0.710. The van der Waals surface area contributed by atoms with E-state index >= 15 is 0 Å². The Morgan fingerprint density at radius 2 is 1.64 bits per heavy atom. The van der Waals surface area contributed by atoms with Crippen molar-refractivity contribution in [3.05, 3.63) is 0 Å². The van der Waals surface area contributed by atoms with Crippen LogP contribution in [0.15, 0.2) is 0 Å². The molecule has 1 unspecified atom stereocenters. The predicted octanol–water partition coefficient (Wildman–Crippen LogP) is 4.00. The number of aliphatic hydroxyl groups excluding tert-OH is 2. The molecule has 2 nitrogen and oxygen atoms in total. The van der Waals surface area contributed by atoms with Gasteiger partial charge in [0.1, 0.15) is 0 Å². The molecule has 2 heteroatoms. The zero-order valence-electron chi connectivity index (χ0n) is 14.6. The molecule has 4 rings (SSSR count). The first-order valence-electron chi connectivity index (χ1n) is 9.73. The highest BCUT2D eigenvalue weighted by atomic mass is 16.3. The van der Waals surface area contributed by atoms with E-state index in [4.69, 9.17) is 0 Å². The third kappa shape index (κ3) is 1.86. The molecule has 0 aliphatic heterocycles. The van der Waals surface area contributed by atoms with Crippen LogP contribution in [0.2, 0.25) is 0 Å². The molecule has 0 amide bonds. The number of rotatable bonds is 0. The smallest absolute Gasteiger partial charge is 0.0596 e. The topological polar surface area (TPSA) is 40.5 Å². The van der Waals surface area contributed by atoms with Gasteiger partial charge in [-0.05, 0) is 91.8 Å². The average molecular weight is 306 g/mol. The van der Waals surface area contributed by atoms with Crippen LogP contribution in [-0.4, -0.2) is 22.4 Å². The Hall–Kier alpha value is -0.0800. The van der Waals surface area contributed by atoms with Crippen LogP contribution in [0, 0.1) is 40.4 Å². The van der Waals surface area contributed by atoms with Crippen LogP contribution < -0.4 is 0 Å². The molecule has 0 aromatic heterocycles. The molecule has 4 aliphatic rings. The average Bonchev–Trinajstić information content (AvgIpc) is 2.77. The van der Waals surface area contributed by atoms with Gasteiger partial charge in [-0.3, -0.25) is 0 Å². The van der Waals surface area contributed by atoms with E-state index in [1.165, 1.54) is 32.1 Å². The Labute approximate surface area is 135 Å². The zero-order valence-corrected chi connectivity index (χ0v) is 14.6. The van der Waals surface area contributed by atoms with E-state index in [0.717, 1.165) is 42.9 Å². The third-order valence-corrected chi connectivity index (χ3v) is 9.16. The molecule has 22 heavy (non-hydrogen) atoms. The Kier molecular flexibility index (Phi) is 3.48. The summed E-state index contributed by atoms with van der Waals surface area (Å²) in [6, 6.07) is 0. The van der Waals surface area contributed by atoms with Gasteiger partial charge in [-0.2, -0.15) is 0 Å². The molecule has 4 saturated carbocycles. The van der Waals surface area contributed by atoms with Gasteiger partial charge in [0.2, 0.25) is 0 Å². The first-order valence-corrected chi connectivity index (χ1v) is 9.73. The van der Waals surface area contributed by atoms with E-state index in [0.29, 0.717) is 11.3 Å². The van der Waals surface area contributed by atoms with E-state index in [9.17, 15) is 10.2 Å². The second-order valence-electron chi connectivity index (χ2n) is 9.68. The molecule has 0 bridgehead atoms. The molecule has 0 aromatic rings. The minimum absolute atomic E-state index is 0.0606. The highest BCUT2D eigenvalue weighted by Crippen LogP contribution is 2.67. The van der Waals surface area contributed by atoms with E-state index in [-0.39, 0.29) is 17.6 Å². The summed E-state index contributed by atoms with van der Waals surface area (Å²) in [7, 11) is 0. The van der Waals surface area contributed by atoms with Crippen LogP contribution in [0.5, 0.6) is 0 Å². The van der Waals surface area contributed by atoms with Crippen LogP contribution in [0.3, 0.4) is 0 Å². The first-order chi connectivity index (χ1) is 10.4. The summed E-state index contributed by atoms with van der Waals surface area (Å²) in [5.41, 5.74) is 0.624. The van der Waals surface area contributed by atoms with E-state index in [1.54, 1.807) is 0 Å². The second kappa shape index (κ2) is 4.96. The Balaban J connectivity index is 1.66. The van der Waals surface area contributed by atoms with Gasteiger partial charge in [0, 0.05) is 0 Å². The van der Waals surface area contributed by atoms with Crippen molar-refractivity contribution in [2.45, 2.75) is 84.3 Å². The lowest BCUT2D eigenvalue weighted by atomic mass is 9.43. The Morgan fingerprint density at radius 3 is 2.41 bits per heavy atom. The monoisotopic (exact) mass is 306 g/mol. The van der Waals surface area contributed by atoms with Gasteiger partial charge in [0.15, 0.2) is 0 Å². The summed E-state index contributed by atoms with van der Waals surface area (Å²) in [6.45, 7) is 7.32. The van der Waals surface area contributed by atoms with Gasteiger partial charge in [-0.1, -0.05) is 20.8 Å². The summed E-state index contributed by atoms with van der Waals surface area (Å²) in [6.07, 6.45) is 9.37. The molecule has 126 valence electrons. The molecule has 0 saturated heterocycles. The molecule has 2 N–H and O–H groups in total. The van der Waals surface area contributed by atoms with Crippen molar-refractivity contribution in [2.75, 3.05) is 0 Å². The molecule has 0 radical (unpaired) electrons. The van der Waals surface area contributed by atoms with Crippen LogP contribution >= 0.6 is 0 Å². The summed E-state index contributed by atoms with van der Waals surface area (Å²) >= 11 is 0. The Morgan fingerprint density at radius 1 is 0.864 bits per heavy atom. The number of aliphatic hydroxyl groups is 2. The summed E-state index contributed by atoms with van der Waals surface area (Å²) in [4.78, 5) is 0. The zero-order chi connectivity index (χ0) is 15.7. The highest BCUT2D eigenvalue weighted by Gasteiger charge is 2.61. The Bertz CT molecular complexity index is 449. The van der Waals surface area contributed by atoms with Crippen LogP contribution in [0.25, 0.3) is 0 Å². The van der Waals surface area contributed by atoms with Crippen molar-refractivity contribution in [3.8, 4) is 0 Å². The lowest BCUT2D eigenvalue weighted by Crippen LogP contribution is -2.57. The van der Waals surface area contributed by atoms with E-state index in [1.807, 2.05) is 0 Å². The lowest BCUT2D eigenvalue weighted by molar-refractivity contribution is -0.156. The maximum Gasteiger partial charge on any atom is 0.0596 e. The molecular formula is C20H34O2. The lowest BCUT2D eigenvalue weighted by Gasteiger charge is -2.62. The molecule has 0 spiro atoms. The SMILES string of the molecule is CC1C[C@@H](O)C[C@H]2CC[C@H]3[C@@H]4CC[C@@H](O)[C@@]4(C)CC[C@@H]3[C@@]12C. The van der Waals surface area contributed by atoms with Crippen molar-refractivity contribution in [3.63, 3.8) is 0 Å². The molecule has 0 heterocycles. The fourth-order valence-electron chi connectivity index (χ4n) is 7.67. The number of hydrogen-bond acceptors (Lipinski definition) is 2. The molecular weight excluding hydrogens is 272 g/mol.